The highest BCUT2D eigenvalue weighted by atomic mass is 32.2. The van der Waals surface area contributed by atoms with Gasteiger partial charge in [-0.25, -0.2) is 4.79 Å². The van der Waals surface area contributed by atoms with Gasteiger partial charge >= 0.3 is 5.97 Å². The van der Waals surface area contributed by atoms with Crippen molar-refractivity contribution in [2.45, 2.75) is 25.5 Å². The van der Waals surface area contributed by atoms with Crippen LogP contribution < -0.4 is 5.32 Å². The van der Waals surface area contributed by atoms with Crippen LogP contribution in [0.3, 0.4) is 0 Å². The predicted octanol–water partition coefficient (Wildman–Crippen LogP) is 4.00. The number of rotatable bonds is 9. The molecule has 29 heavy (non-hydrogen) atoms. The molecule has 3 rings (SSSR count). The highest BCUT2D eigenvalue weighted by Crippen LogP contribution is 2.28. The van der Waals surface area contributed by atoms with Crippen LogP contribution in [0.4, 0.5) is 5.00 Å². The number of nitrogens with zero attached hydrogens (tertiary/aromatic N) is 3. The Morgan fingerprint density at radius 2 is 2.28 bits per heavy atom. The molecule has 3 aromatic heterocycles. The summed E-state index contributed by atoms with van der Waals surface area (Å²) in [7, 11) is 0. The second-order valence-corrected chi connectivity index (χ2v) is 7.86. The van der Waals surface area contributed by atoms with Crippen LogP contribution in [0.5, 0.6) is 0 Å². The zero-order valence-corrected chi connectivity index (χ0v) is 17.6. The average molecular weight is 433 g/mol. The maximum atomic E-state index is 12.4. The lowest BCUT2D eigenvalue weighted by Gasteiger charge is -2.06. The van der Waals surface area contributed by atoms with Crippen molar-refractivity contribution in [2.75, 3.05) is 17.7 Å². The van der Waals surface area contributed by atoms with Crippen LogP contribution in [0.1, 0.15) is 22.2 Å². The van der Waals surface area contributed by atoms with Crippen LogP contribution in [0, 0.1) is 6.92 Å². The molecule has 0 fully saturated rings. The van der Waals surface area contributed by atoms with Crippen LogP contribution in [0.25, 0.3) is 11.6 Å². The second kappa shape index (κ2) is 9.57. The summed E-state index contributed by atoms with van der Waals surface area (Å²) in [5, 5.41) is 12.3. The van der Waals surface area contributed by atoms with Gasteiger partial charge in [0.1, 0.15) is 4.88 Å². The molecule has 0 spiro atoms. The number of esters is 1. The first-order valence-electron chi connectivity index (χ1n) is 8.81. The first-order valence-corrected chi connectivity index (χ1v) is 10.6. The number of nitrogens with one attached hydrogen (secondary N) is 1. The molecule has 3 heterocycles. The zero-order chi connectivity index (χ0) is 20.8. The fraction of sp³-hybridized carbons (Fsp3) is 0.263. The maximum absolute atomic E-state index is 12.4. The first-order chi connectivity index (χ1) is 14.0. The Bertz CT molecular complexity index is 1010. The van der Waals surface area contributed by atoms with Gasteiger partial charge in [0.15, 0.2) is 10.9 Å². The molecular formula is C19H20N4O4S2. The third-order valence-corrected chi connectivity index (χ3v) is 5.84. The molecule has 0 aliphatic heterocycles. The number of amides is 1. The summed E-state index contributed by atoms with van der Waals surface area (Å²) in [6.07, 6.45) is 3.29. The summed E-state index contributed by atoms with van der Waals surface area (Å²) in [6.45, 7) is 8.11. The number of furan rings is 1. The van der Waals surface area contributed by atoms with Gasteiger partial charge in [0.05, 0.1) is 23.6 Å². The van der Waals surface area contributed by atoms with Crippen molar-refractivity contribution in [1.29, 1.82) is 0 Å². The minimum Gasteiger partial charge on any atom is -0.462 e. The van der Waals surface area contributed by atoms with E-state index in [9.17, 15) is 9.59 Å². The topological polar surface area (TPSA) is 99.2 Å². The molecule has 0 atom stereocenters. The van der Waals surface area contributed by atoms with E-state index < -0.39 is 0 Å². The van der Waals surface area contributed by atoms with Gasteiger partial charge in [-0.15, -0.1) is 28.1 Å². The molecule has 1 N–H and O–H groups in total. The maximum Gasteiger partial charge on any atom is 0.348 e. The molecule has 0 aliphatic rings. The van der Waals surface area contributed by atoms with Gasteiger partial charge in [-0.2, -0.15) is 0 Å². The van der Waals surface area contributed by atoms with Gasteiger partial charge in [-0.05, 0) is 37.6 Å². The van der Waals surface area contributed by atoms with Crippen molar-refractivity contribution in [1.82, 2.24) is 14.8 Å². The quantitative estimate of drug-likeness (QED) is 0.310. The van der Waals surface area contributed by atoms with E-state index in [1.165, 1.54) is 23.1 Å². The summed E-state index contributed by atoms with van der Waals surface area (Å²) in [4.78, 5) is 24.8. The van der Waals surface area contributed by atoms with Crippen LogP contribution in [0.2, 0.25) is 0 Å². The number of thiophene rings is 1. The lowest BCUT2D eigenvalue weighted by atomic mass is 10.3. The zero-order valence-electron chi connectivity index (χ0n) is 16.0. The summed E-state index contributed by atoms with van der Waals surface area (Å²) in [5.74, 6) is 0.716. The third-order valence-electron chi connectivity index (χ3n) is 3.74. The smallest absolute Gasteiger partial charge is 0.348 e. The van der Waals surface area contributed by atoms with E-state index >= 15 is 0 Å². The Kier molecular flexibility index (Phi) is 6.89. The Balaban J connectivity index is 1.65. The number of anilines is 1. The van der Waals surface area contributed by atoms with E-state index in [0.29, 0.717) is 39.8 Å². The van der Waals surface area contributed by atoms with E-state index in [1.54, 1.807) is 44.4 Å². The van der Waals surface area contributed by atoms with Crippen LogP contribution >= 0.6 is 23.1 Å². The molecule has 8 nitrogen and oxygen atoms in total. The molecule has 0 saturated carbocycles. The number of carbonyl (C=O) groups is 2. The van der Waals surface area contributed by atoms with Crippen molar-refractivity contribution >= 4 is 40.0 Å². The monoisotopic (exact) mass is 432 g/mol. The number of hydrogen-bond donors (Lipinski definition) is 1. The van der Waals surface area contributed by atoms with Gasteiger partial charge in [0.2, 0.25) is 11.7 Å². The van der Waals surface area contributed by atoms with Crippen molar-refractivity contribution < 1.29 is 18.7 Å². The minimum absolute atomic E-state index is 0.138. The molecule has 0 unspecified atom stereocenters. The van der Waals surface area contributed by atoms with Crippen LogP contribution in [-0.4, -0.2) is 39.0 Å². The number of hydrogen-bond acceptors (Lipinski definition) is 8. The van der Waals surface area contributed by atoms with Gasteiger partial charge in [-0.3, -0.25) is 9.36 Å². The first kappa shape index (κ1) is 20.9. The second-order valence-electron chi connectivity index (χ2n) is 5.86. The van der Waals surface area contributed by atoms with Gasteiger partial charge < -0.3 is 14.5 Å². The molecule has 0 aromatic carbocycles. The Morgan fingerprint density at radius 3 is 2.97 bits per heavy atom. The molecule has 0 aliphatic carbocycles. The lowest BCUT2D eigenvalue weighted by molar-refractivity contribution is -0.113. The SMILES string of the molecule is C=CCn1c(SCC(=O)Nc2cc(C)c(C(=O)OCC)s2)nnc1-c1ccco1. The molecule has 0 bridgehead atoms. The molecule has 0 radical (unpaired) electrons. The number of thioether (sulfide) groups is 1. The number of aromatic nitrogens is 3. The molecule has 152 valence electrons. The third kappa shape index (κ3) is 4.96. The van der Waals surface area contributed by atoms with E-state index in [4.69, 9.17) is 9.15 Å². The number of aryl methyl sites for hydroxylation is 1. The van der Waals surface area contributed by atoms with Gasteiger partial charge in [-0.1, -0.05) is 17.8 Å². The van der Waals surface area contributed by atoms with E-state index in [2.05, 4.69) is 22.1 Å². The fourth-order valence-corrected chi connectivity index (χ4v) is 4.25. The molecular weight excluding hydrogens is 412 g/mol. The summed E-state index contributed by atoms with van der Waals surface area (Å²) in [5.41, 5.74) is 0.769. The van der Waals surface area contributed by atoms with Crippen molar-refractivity contribution in [2.24, 2.45) is 0 Å². The fourth-order valence-electron chi connectivity index (χ4n) is 2.52. The lowest BCUT2D eigenvalue weighted by Crippen LogP contribution is -2.13. The van der Waals surface area contributed by atoms with E-state index in [1.807, 2.05) is 4.57 Å². The molecule has 0 saturated heterocycles. The number of ether oxygens (including phenoxy) is 1. The average Bonchev–Trinajstić information content (AvgIpc) is 3.41. The highest BCUT2D eigenvalue weighted by Gasteiger charge is 2.18. The Labute approximate surface area is 176 Å². The van der Waals surface area contributed by atoms with Crippen molar-refractivity contribution in [3.63, 3.8) is 0 Å². The van der Waals surface area contributed by atoms with Crippen molar-refractivity contribution in [3.05, 3.63) is 47.6 Å². The van der Waals surface area contributed by atoms with E-state index in [0.717, 1.165) is 5.56 Å². The summed E-state index contributed by atoms with van der Waals surface area (Å²) in [6, 6.07) is 5.33. The Morgan fingerprint density at radius 1 is 1.45 bits per heavy atom. The summed E-state index contributed by atoms with van der Waals surface area (Å²) >= 11 is 2.46. The minimum atomic E-state index is -0.382. The number of allylic oxidation sites excluding steroid dienone is 1. The largest absolute Gasteiger partial charge is 0.462 e. The highest BCUT2D eigenvalue weighted by molar-refractivity contribution is 7.99. The Hall–Kier alpha value is -2.85. The van der Waals surface area contributed by atoms with E-state index in [-0.39, 0.29) is 17.6 Å². The van der Waals surface area contributed by atoms with Crippen LogP contribution in [-0.2, 0) is 16.1 Å². The predicted molar refractivity (Wildman–Crippen MR) is 112 cm³/mol. The summed E-state index contributed by atoms with van der Waals surface area (Å²) < 4.78 is 12.2. The van der Waals surface area contributed by atoms with Gasteiger partial charge in [0.25, 0.3) is 0 Å². The van der Waals surface area contributed by atoms with Gasteiger partial charge in [0, 0.05) is 6.54 Å². The van der Waals surface area contributed by atoms with Crippen molar-refractivity contribution in [3.8, 4) is 11.6 Å². The van der Waals surface area contributed by atoms with Crippen LogP contribution in [0.15, 0.2) is 46.7 Å². The molecule has 10 heteroatoms. The number of carbonyl (C=O) groups excluding carboxylic acids is 2. The molecule has 3 aromatic rings. The normalized spacial score (nSPS) is 10.7. The standard InChI is InChI=1S/C19H20N4O4S2/c1-4-8-23-17(13-7-6-9-27-13)21-22-19(23)28-11-14(24)20-15-10-12(3)16(29-15)18(25)26-5-2/h4,6-7,9-10H,1,5,8,11H2,2-3H3,(H,20,24). The molecule has 1 amide bonds.